The Morgan fingerprint density at radius 3 is 2.67 bits per heavy atom. The summed E-state index contributed by atoms with van der Waals surface area (Å²) in [5, 5.41) is 3.83. The molecular formula is C15H15N3O3. The van der Waals surface area contributed by atoms with Gasteiger partial charge in [0.15, 0.2) is 18.1 Å². The summed E-state index contributed by atoms with van der Waals surface area (Å²) in [7, 11) is 1.54. The number of pyridine rings is 1. The first kappa shape index (κ1) is 14.5. The van der Waals surface area contributed by atoms with Crippen LogP contribution in [0.15, 0.2) is 53.9 Å². The van der Waals surface area contributed by atoms with E-state index in [9.17, 15) is 4.79 Å². The normalized spacial score (nSPS) is 10.3. The van der Waals surface area contributed by atoms with Crippen LogP contribution in [0.1, 0.15) is 5.56 Å². The molecule has 0 fully saturated rings. The van der Waals surface area contributed by atoms with E-state index in [0.29, 0.717) is 11.5 Å². The van der Waals surface area contributed by atoms with E-state index in [1.54, 1.807) is 49.8 Å². The number of hydrogen-bond acceptors (Lipinski definition) is 5. The van der Waals surface area contributed by atoms with Gasteiger partial charge >= 0.3 is 0 Å². The number of para-hydroxylation sites is 2. The molecule has 0 atom stereocenters. The summed E-state index contributed by atoms with van der Waals surface area (Å²) >= 11 is 0. The highest BCUT2D eigenvalue weighted by molar-refractivity contribution is 5.82. The van der Waals surface area contributed by atoms with Gasteiger partial charge in [0.1, 0.15) is 0 Å². The number of carbonyl (C=O) groups excluding carboxylic acids is 1. The first-order valence-electron chi connectivity index (χ1n) is 6.27. The Morgan fingerprint density at radius 1 is 1.24 bits per heavy atom. The van der Waals surface area contributed by atoms with Gasteiger partial charge in [-0.3, -0.25) is 9.78 Å². The van der Waals surface area contributed by atoms with Crippen LogP contribution in [-0.4, -0.2) is 30.8 Å². The second-order valence-corrected chi connectivity index (χ2v) is 4.01. The number of nitrogens with one attached hydrogen (secondary N) is 1. The fourth-order valence-corrected chi connectivity index (χ4v) is 1.54. The number of benzene rings is 1. The zero-order chi connectivity index (χ0) is 14.9. The number of hydrogen-bond donors (Lipinski definition) is 1. The van der Waals surface area contributed by atoms with Gasteiger partial charge < -0.3 is 9.47 Å². The Kier molecular flexibility index (Phi) is 5.28. The maximum absolute atomic E-state index is 11.6. The van der Waals surface area contributed by atoms with Crippen LogP contribution in [0.5, 0.6) is 11.5 Å². The van der Waals surface area contributed by atoms with Gasteiger partial charge in [-0.2, -0.15) is 5.10 Å². The molecule has 6 heteroatoms. The summed E-state index contributed by atoms with van der Waals surface area (Å²) in [6.45, 7) is -0.145. The van der Waals surface area contributed by atoms with Crippen LogP contribution in [-0.2, 0) is 4.79 Å². The zero-order valence-electron chi connectivity index (χ0n) is 11.5. The van der Waals surface area contributed by atoms with Gasteiger partial charge in [-0.05, 0) is 29.8 Å². The predicted octanol–water partition coefficient (Wildman–Crippen LogP) is 1.62. The van der Waals surface area contributed by atoms with Gasteiger partial charge in [-0.15, -0.1) is 0 Å². The van der Waals surface area contributed by atoms with Crippen molar-refractivity contribution >= 4 is 12.1 Å². The summed E-state index contributed by atoms with van der Waals surface area (Å²) < 4.78 is 10.5. The van der Waals surface area contributed by atoms with Gasteiger partial charge in [0.2, 0.25) is 0 Å². The first-order valence-corrected chi connectivity index (χ1v) is 6.27. The zero-order valence-corrected chi connectivity index (χ0v) is 11.5. The molecule has 2 rings (SSSR count). The third kappa shape index (κ3) is 4.61. The second-order valence-electron chi connectivity index (χ2n) is 4.01. The quantitative estimate of drug-likeness (QED) is 0.646. The number of amides is 1. The maximum atomic E-state index is 11.6. The predicted molar refractivity (Wildman–Crippen MR) is 78.5 cm³/mol. The van der Waals surface area contributed by atoms with Crippen LogP contribution in [0.4, 0.5) is 0 Å². The molecule has 0 saturated heterocycles. The number of carbonyl (C=O) groups is 1. The van der Waals surface area contributed by atoms with Crippen LogP contribution in [0, 0.1) is 0 Å². The van der Waals surface area contributed by atoms with Crippen molar-refractivity contribution in [3.63, 3.8) is 0 Å². The highest BCUT2D eigenvalue weighted by Gasteiger charge is 2.05. The summed E-state index contributed by atoms with van der Waals surface area (Å²) in [6, 6.07) is 10.7. The number of hydrazone groups is 1. The van der Waals surface area contributed by atoms with E-state index >= 15 is 0 Å². The van der Waals surface area contributed by atoms with Crippen molar-refractivity contribution in [2.75, 3.05) is 13.7 Å². The molecule has 0 radical (unpaired) electrons. The largest absolute Gasteiger partial charge is 0.493 e. The van der Waals surface area contributed by atoms with Crippen LogP contribution < -0.4 is 14.9 Å². The fourth-order valence-electron chi connectivity index (χ4n) is 1.54. The van der Waals surface area contributed by atoms with E-state index in [-0.39, 0.29) is 12.5 Å². The lowest BCUT2D eigenvalue weighted by atomic mass is 10.3. The number of ether oxygens (including phenoxy) is 2. The lowest BCUT2D eigenvalue weighted by molar-refractivity contribution is -0.123. The van der Waals surface area contributed by atoms with Crippen LogP contribution in [0.2, 0.25) is 0 Å². The number of nitrogens with zero attached hydrogens (tertiary/aromatic N) is 2. The lowest BCUT2D eigenvalue weighted by Crippen LogP contribution is -2.24. The van der Waals surface area contributed by atoms with Crippen LogP contribution >= 0.6 is 0 Å². The van der Waals surface area contributed by atoms with Gasteiger partial charge in [0.25, 0.3) is 5.91 Å². The average Bonchev–Trinajstić information content (AvgIpc) is 2.54. The molecule has 1 aromatic heterocycles. The third-order valence-electron chi connectivity index (χ3n) is 2.54. The van der Waals surface area contributed by atoms with E-state index in [0.717, 1.165) is 5.56 Å². The fraction of sp³-hybridized carbons (Fsp3) is 0.133. The van der Waals surface area contributed by atoms with Crippen LogP contribution in [0.25, 0.3) is 0 Å². The van der Waals surface area contributed by atoms with E-state index < -0.39 is 0 Å². The molecule has 0 aliphatic heterocycles. The molecule has 0 saturated carbocycles. The highest BCUT2D eigenvalue weighted by Crippen LogP contribution is 2.25. The SMILES string of the molecule is COc1ccccc1OCC(=O)NN=Cc1ccncc1. The Morgan fingerprint density at radius 2 is 1.95 bits per heavy atom. The maximum Gasteiger partial charge on any atom is 0.277 e. The van der Waals surface area contributed by atoms with Crippen molar-refractivity contribution in [3.05, 3.63) is 54.4 Å². The lowest BCUT2D eigenvalue weighted by Gasteiger charge is -2.09. The van der Waals surface area contributed by atoms with E-state index in [1.165, 1.54) is 6.21 Å². The van der Waals surface area contributed by atoms with Gasteiger partial charge in [-0.25, -0.2) is 5.43 Å². The Bertz CT molecular complexity index is 615. The van der Waals surface area contributed by atoms with Gasteiger partial charge in [0, 0.05) is 12.4 Å². The van der Waals surface area contributed by atoms with Gasteiger partial charge in [0.05, 0.1) is 13.3 Å². The van der Waals surface area contributed by atoms with Crippen molar-refractivity contribution in [1.82, 2.24) is 10.4 Å². The summed E-state index contributed by atoms with van der Waals surface area (Å²) in [4.78, 5) is 15.5. The van der Waals surface area contributed by atoms with Crippen molar-refractivity contribution in [1.29, 1.82) is 0 Å². The number of methoxy groups -OCH3 is 1. The Labute approximate surface area is 122 Å². The molecule has 1 heterocycles. The number of rotatable bonds is 6. The molecule has 0 bridgehead atoms. The van der Waals surface area contributed by atoms with Crippen molar-refractivity contribution in [2.24, 2.45) is 5.10 Å². The molecule has 1 aromatic carbocycles. The molecule has 0 aliphatic rings. The highest BCUT2D eigenvalue weighted by atomic mass is 16.5. The summed E-state index contributed by atoms with van der Waals surface area (Å²) in [5.74, 6) is 0.727. The molecule has 1 N–H and O–H groups in total. The summed E-state index contributed by atoms with van der Waals surface area (Å²) in [5.41, 5.74) is 3.23. The van der Waals surface area contributed by atoms with E-state index in [2.05, 4.69) is 15.5 Å². The second kappa shape index (κ2) is 7.64. The van der Waals surface area contributed by atoms with Crippen LogP contribution in [0.3, 0.4) is 0 Å². The minimum Gasteiger partial charge on any atom is -0.493 e. The Hall–Kier alpha value is -2.89. The molecule has 21 heavy (non-hydrogen) atoms. The monoisotopic (exact) mass is 285 g/mol. The van der Waals surface area contributed by atoms with Crippen molar-refractivity contribution in [3.8, 4) is 11.5 Å². The van der Waals surface area contributed by atoms with E-state index in [1.807, 2.05) is 6.07 Å². The van der Waals surface area contributed by atoms with E-state index in [4.69, 9.17) is 9.47 Å². The van der Waals surface area contributed by atoms with Gasteiger partial charge in [-0.1, -0.05) is 12.1 Å². The van der Waals surface area contributed by atoms with Crippen molar-refractivity contribution < 1.29 is 14.3 Å². The summed E-state index contributed by atoms with van der Waals surface area (Å²) in [6.07, 6.45) is 4.82. The third-order valence-corrected chi connectivity index (χ3v) is 2.54. The Balaban J connectivity index is 1.81. The molecular weight excluding hydrogens is 270 g/mol. The molecule has 108 valence electrons. The molecule has 0 aliphatic carbocycles. The topological polar surface area (TPSA) is 72.8 Å². The average molecular weight is 285 g/mol. The molecule has 0 unspecified atom stereocenters. The molecule has 1 amide bonds. The molecule has 6 nitrogen and oxygen atoms in total. The minimum atomic E-state index is -0.355. The number of aromatic nitrogens is 1. The molecule has 2 aromatic rings. The first-order chi connectivity index (χ1) is 10.3. The molecule has 0 spiro atoms. The van der Waals surface area contributed by atoms with Crippen molar-refractivity contribution in [2.45, 2.75) is 0 Å². The minimum absolute atomic E-state index is 0.145. The smallest absolute Gasteiger partial charge is 0.277 e. The standard InChI is InChI=1S/C15H15N3O3/c1-20-13-4-2-3-5-14(13)21-11-15(19)18-17-10-12-6-8-16-9-7-12/h2-10H,11H2,1H3,(H,18,19).